The molecule has 1 aromatic carbocycles. The summed E-state index contributed by atoms with van der Waals surface area (Å²) in [4.78, 5) is 3.84. The van der Waals surface area contributed by atoms with Crippen molar-refractivity contribution in [3.63, 3.8) is 0 Å². The highest BCUT2D eigenvalue weighted by Gasteiger charge is 2.09. The van der Waals surface area contributed by atoms with E-state index in [9.17, 15) is 4.39 Å². The second-order valence-corrected chi connectivity index (χ2v) is 3.92. The van der Waals surface area contributed by atoms with Crippen LogP contribution in [-0.4, -0.2) is 16.2 Å². The lowest BCUT2D eigenvalue weighted by Gasteiger charge is -2.07. The minimum atomic E-state index is -0.519. The summed E-state index contributed by atoms with van der Waals surface area (Å²) in [7, 11) is 0. The van der Waals surface area contributed by atoms with E-state index >= 15 is 0 Å². The molecule has 0 amide bonds. The van der Waals surface area contributed by atoms with Crippen LogP contribution in [-0.2, 0) is 11.5 Å². The molecule has 0 spiro atoms. The summed E-state index contributed by atoms with van der Waals surface area (Å²) in [5.41, 5.74) is 0.804. The zero-order chi connectivity index (χ0) is 12.3. The molecule has 2 aromatic rings. The van der Waals surface area contributed by atoms with Crippen LogP contribution in [0.2, 0.25) is 5.02 Å². The Kier molecular flexibility index (Phi) is 3.76. The third-order valence-electron chi connectivity index (χ3n) is 2.28. The Morgan fingerprint density at radius 2 is 2.06 bits per heavy atom. The highest BCUT2D eigenvalue weighted by atomic mass is 35.5. The summed E-state index contributed by atoms with van der Waals surface area (Å²) < 4.78 is 20.0. The predicted octanol–water partition coefficient (Wildman–Crippen LogP) is 3.34. The molecule has 0 fully saturated rings. The minimum Gasteiger partial charge on any atom is -0.361 e. The average Bonchev–Trinajstić information content (AvgIpc) is 2.69. The molecule has 0 atom stereocenters. The number of ether oxygens (including phenoxy) is 1. The first kappa shape index (κ1) is 12.1. The van der Waals surface area contributed by atoms with Gasteiger partial charge in [0.1, 0.15) is 12.6 Å². The standard InChI is InChI=1S/C12H12ClFN2O/c1-2-17-8-16-7-11(14)15-12(16)9-3-5-10(13)6-4-9/h3-7H,2,8H2,1H3. The number of hydrogen-bond acceptors (Lipinski definition) is 2. The maximum Gasteiger partial charge on any atom is 0.231 e. The lowest BCUT2D eigenvalue weighted by atomic mass is 10.2. The summed E-state index contributed by atoms with van der Waals surface area (Å²) in [6.07, 6.45) is 1.32. The fraction of sp³-hybridized carbons (Fsp3) is 0.250. The van der Waals surface area contributed by atoms with Gasteiger partial charge in [-0.1, -0.05) is 11.6 Å². The van der Waals surface area contributed by atoms with Crippen LogP contribution in [0.15, 0.2) is 30.5 Å². The zero-order valence-corrected chi connectivity index (χ0v) is 10.1. The molecule has 0 radical (unpaired) electrons. The van der Waals surface area contributed by atoms with Crippen LogP contribution in [0.1, 0.15) is 6.92 Å². The molecule has 0 saturated carbocycles. The number of nitrogens with zero attached hydrogens (tertiary/aromatic N) is 2. The number of aromatic nitrogens is 2. The summed E-state index contributed by atoms with van der Waals surface area (Å²) in [6.45, 7) is 2.74. The smallest absolute Gasteiger partial charge is 0.231 e. The van der Waals surface area contributed by atoms with Gasteiger partial charge in [0.25, 0.3) is 0 Å². The van der Waals surface area contributed by atoms with Crippen molar-refractivity contribution in [2.75, 3.05) is 6.61 Å². The fourth-order valence-corrected chi connectivity index (χ4v) is 1.63. The number of hydrogen-bond donors (Lipinski definition) is 0. The lowest BCUT2D eigenvalue weighted by Crippen LogP contribution is -2.03. The molecule has 90 valence electrons. The molecule has 0 aliphatic rings. The van der Waals surface area contributed by atoms with Gasteiger partial charge in [0, 0.05) is 17.2 Å². The van der Waals surface area contributed by atoms with E-state index in [1.807, 2.05) is 6.92 Å². The average molecular weight is 255 g/mol. The van der Waals surface area contributed by atoms with E-state index in [1.165, 1.54) is 6.20 Å². The van der Waals surface area contributed by atoms with E-state index in [0.717, 1.165) is 5.56 Å². The fourth-order valence-electron chi connectivity index (χ4n) is 1.50. The van der Waals surface area contributed by atoms with Crippen molar-refractivity contribution in [1.29, 1.82) is 0 Å². The molecule has 17 heavy (non-hydrogen) atoms. The molecular weight excluding hydrogens is 243 g/mol. The largest absolute Gasteiger partial charge is 0.361 e. The second kappa shape index (κ2) is 5.29. The van der Waals surface area contributed by atoms with Crippen LogP contribution in [0, 0.1) is 5.95 Å². The molecule has 5 heteroatoms. The van der Waals surface area contributed by atoms with Gasteiger partial charge in [-0.2, -0.15) is 4.39 Å². The number of imidazole rings is 1. The molecule has 1 heterocycles. The first-order valence-electron chi connectivity index (χ1n) is 5.27. The Bertz CT molecular complexity index is 496. The zero-order valence-electron chi connectivity index (χ0n) is 9.36. The maximum atomic E-state index is 13.2. The molecule has 0 unspecified atom stereocenters. The van der Waals surface area contributed by atoms with Crippen LogP contribution in [0.5, 0.6) is 0 Å². The van der Waals surface area contributed by atoms with Gasteiger partial charge in [0.2, 0.25) is 5.95 Å². The van der Waals surface area contributed by atoms with Gasteiger partial charge in [0.05, 0.1) is 6.20 Å². The Balaban J connectivity index is 2.33. The number of rotatable bonds is 4. The summed E-state index contributed by atoms with van der Waals surface area (Å²) in [5.74, 6) is 0.0160. The van der Waals surface area contributed by atoms with Crippen LogP contribution < -0.4 is 0 Å². The quantitative estimate of drug-likeness (QED) is 0.837. The first-order valence-corrected chi connectivity index (χ1v) is 5.65. The third-order valence-corrected chi connectivity index (χ3v) is 2.54. The molecule has 0 N–H and O–H groups in total. The van der Waals surface area contributed by atoms with Crippen molar-refractivity contribution < 1.29 is 9.13 Å². The SMILES string of the molecule is CCOCn1cc(F)nc1-c1ccc(Cl)cc1. The van der Waals surface area contributed by atoms with E-state index in [0.29, 0.717) is 17.5 Å². The van der Waals surface area contributed by atoms with E-state index in [-0.39, 0.29) is 6.73 Å². The summed E-state index contributed by atoms with van der Waals surface area (Å²) in [6, 6.07) is 7.09. The van der Waals surface area contributed by atoms with Crippen molar-refractivity contribution in [3.05, 3.63) is 41.4 Å². The summed E-state index contributed by atoms with van der Waals surface area (Å²) in [5, 5.41) is 0.636. The molecule has 0 bridgehead atoms. The van der Waals surface area contributed by atoms with Crippen molar-refractivity contribution in [2.24, 2.45) is 0 Å². The van der Waals surface area contributed by atoms with Gasteiger partial charge in [-0.3, -0.25) is 0 Å². The lowest BCUT2D eigenvalue weighted by molar-refractivity contribution is 0.0887. The van der Waals surface area contributed by atoms with Gasteiger partial charge in [0.15, 0.2) is 0 Å². The van der Waals surface area contributed by atoms with Gasteiger partial charge in [-0.15, -0.1) is 0 Å². The monoisotopic (exact) mass is 254 g/mol. The molecular formula is C12H12ClFN2O. The number of benzene rings is 1. The molecule has 0 aliphatic heterocycles. The van der Waals surface area contributed by atoms with E-state index < -0.39 is 5.95 Å². The Morgan fingerprint density at radius 3 is 2.71 bits per heavy atom. The first-order chi connectivity index (χ1) is 8.20. The van der Waals surface area contributed by atoms with Crippen LogP contribution in [0.3, 0.4) is 0 Å². The van der Waals surface area contributed by atoms with E-state index in [2.05, 4.69) is 4.98 Å². The minimum absolute atomic E-state index is 0.283. The van der Waals surface area contributed by atoms with Crippen LogP contribution in [0.25, 0.3) is 11.4 Å². The topological polar surface area (TPSA) is 27.1 Å². The predicted molar refractivity (Wildman–Crippen MR) is 64.3 cm³/mol. The Labute approximate surface area is 104 Å². The molecule has 0 aliphatic carbocycles. The molecule has 0 saturated heterocycles. The molecule has 3 nitrogen and oxygen atoms in total. The van der Waals surface area contributed by atoms with Gasteiger partial charge >= 0.3 is 0 Å². The maximum absolute atomic E-state index is 13.2. The van der Waals surface area contributed by atoms with Crippen LogP contribution in [0.4, 0.5) is 4.39 Å². The van der Waals surface area contributed by atoms with Crippen LogP contribution >= 0.6 is 11.6 Å². The van der Waals surface area contributed by atoms with Crippen molar-refractivity contribution >= 4 is 11.6 Å². The highest BCUT2D eigenvalue weighted by molar-refractivity contribution is 6.30. The van der Waals surface area contributed by atoms with E-state index in [1.54, 1.807) is 28.8 Å². The van der Waals surface area contributed by atoms with Crippen molar-refractivity contribution in [3.8, 4) is 11.4 Å². The molecule has 2 rings (SSSR count). The second-order valence-electron chi connectivity index (χ2n) is 3.49. The Morgan fingerprint density at radius 1 is 1.35 bits per heavy atom. The third kappa shape index (κ3) is 2.84. The number of halogens is 2. The Hall–Kier alpha value is -1.39. The summed E-state index contributed by atoms with van der Waals surface area (Å²) >= 11 is 5.80. The van der Waals surface area contributed by atoms with Crippen molar-refractivity contribution in [1.82, 2.24) is 9.55 Å². The highest BCUT2D eigenvalue weighted by Crippen LogP contribution is 2.21. The normalized spacial score (nSPS) is 10.8. The molecule has 1 aromatic heterocycles. The van der Waals surface area contributed by atoms with Gasteiger partial charge in [-0.25, -0.2) is 4.98 Å². The van der Waals surface area contributed by atoms with Gasteiger partial charge in [-0.05, 0) is 31.2 Å². The van der Waals surface area contributed by atoms with E-state index in [4.69, 9.17) is 16.3 Å². The van der Waals surface area contributed by atoms with Crippen molar-refractivity contribution in [2.45, 2.75) is 13.7 Å². The van der Waals surface area contributed by atoms with Gasteiger partial charge < -0.3 is 9.30 Å².